The van der Waals surface area contributed by atoms with Gasteiger partial charge in [0.05, 0.1) is 5.92 Å². The van der Waals surface area contributed by atoms with E-state index in [0.717, 1.165) is 24.1 Å². The van der Waals surface area contributed by atoms with Crippen LogP contribution in [0.15, 0.2) is 54.6 Å². The molecule has 2 atom stereocenters. The van der Waals surface area contributed by atoms with Crippen LogP contribution in [0.4, 0.5) is 5.69 Å². The lowest BCUT2D eigenvalue weighted by molar-refractivity contribution is -0.126. The van der Waals surface area contributed by atoms with Crippen molar-refractivity contribution in [1.82, 2.24) is 5.32 Å². The van der Waals surface area contributed by atoms with Crippen molar-refractivity contribution in [3.63, 3.8) is 0 Å². The van der Waals surface area contributed by atoms with Crippen molar-refractivity contribution in [2.24, 2.45) is 5.92 Å². The molecule has 26 heavy (non-hydrogen) atoms. The molecular formula is C22H26N2O2. The Kier molecular flexibility index (Phi) is 5.71. The average molecular weight is 350 g/mol. The molecule has 2 aromatic carbocycles. The fraction of sp³-hybridized carbons (Fsp3) is 0.364. The first-order valence-corrected chi connectivity index (χ1v) is 9.24. The summed E-state index contributed by atoms with van der Waals surface area (Å²) >= 11 is 0. The molecule has 0 spiro atoms. The Morgan fingerprint density at radius 3 is 2.54 bits per heavy atom. The molecule has 1 heterocycles. The fourth-order valence-electron chi connectivity index (χ4n) is 3.32. The van der Waals surface area contributed by atoms with Crippen molar-refractivity contribution in [2.45, 2.75) is 39.2 Å². The number of nitrogens with zero attached hydrogens (tertiary/aromatic N) is 1. The molecule has 1 aliphatic heterocycles. The maximum absolute atomic E-state index is 12.6. The number of carbonyl (C=O) groups is 2. The van der Waals surface area contributed by atoms with Crippen LogP contribution < -0.4 is 10.2 Å². The summed E-state index contributed by atoms with van der Waals surface area (Å²) in [5.74, 6) is -0.276. The summed E-state index contributed by atoms with van der Waals surface area (Å²) in [7, 11) is 0. The molecule has 0 aromatic heterocycles. The Balaban J connectivity index is 1.52. The van der Waals surface area contributed by atoms with Crippen LogP contribution in [0.2, 0.25) is 0 Å². The van der Waals surface area contributed by atoms with E-state index in [1.165, 1.54) is 5.56 Å². The summed E-state index contributed by atoms with van der Waals surface area (Å²) in [5.41, 5.74) is 3.30. The highest BCUT2D eigenvalue weighted by atomic mass is 16.2. The van der Waals surface area contributed by atoms with E-state index >= 15 is 0 Å². The number of hydrogen-bond donors (Lipinski definition) is 1. The number of rotatable bonds is 6. The Morgan fingerprint density at radius 1 is 1.15 bits per heavy atom. The summed E-state index contributed by atoms with van der Waals surface area (Å²) in [5, 5.41) is 3.08. The van der Waals surface area contributed by atoms with Crippen LogP contribution in [-0.2, 0) is 16.0 Å². The van der Waals surface area contributed by atoms with Gasteiger partial charge in [-0.05, 0) is 44.4 Å². The Bertz CT molecular complexity index is 755. The Morgan fingerprint density at radius 2 is 1.85 bits per heavy atom. The van der Waals surface area contributed by atoms with Gasteiger partial charge in [0, 0.05) is 24.7 Å². The third kappa shape index (κ3) is 4.51. The van der Waals surface area contributed by atoms with Crippen LogP contribution in [0.5, 0.6) is 0 Å². The van der Waals surface area contributed by atoms with Crippen molar-refractivity contribution < 1.29 is 9.59 Å². The quantitative estimate of drug-likeness (QED) is 0.867. The lowest BCUT2D eigenvalue weighted by Gasteiger charge is -2.19. The van der Waals surface area contributed by atoms with Crippen molar-refractivity contribution in [3.05, 3.63) is 65.7 Å². The molecule has 2 aromatic rings. The highest BCUT2D eigenvalue weighted by molar-refractivity contribution is 6.00. The number of benzene rings is 2. The number of aryl methyl sites for hydroxylation is 2. The normalized spacial score (nSPS) is 18.0. The van der Waals surface area contributed by atoms with Crippen LogP contribution in [0.1, 0.15) is 30.9 Å². The summed E-state index contributed by atoms with van der Waals surface area (Å²) in [4.78, 5) is 26.6. The van der Waals surface area contributed by atoms with Crippen LogP contribution >= 0.6 is 0 Å². The molecule has 2 amide bonds. The standard InChI is InChI=1S/C22H26N2O2/c1-16-8-12-20(13-9-16)24-15-19(14-21(24)25)22(26)23-17(2)10-11-18-6-4-3-5-7-18/h3-9,12-13,17,19H,10-11,14-15H2,1-2H3,(H,23,26)/t17-,19-/m0/s1. The van der Waals surface area contributed by atoms with E-state index in [9.17, 15) is 9.59 Å². The largest absolute Gasteiger partial charge is 0.353 e. The van der Waals surface area contributed by atoms with Crippen LogP contribution in [0.25, 0.3) is 0 Å². The van der Waals surface area contributed by atoms with Gasteiger partial charge in [-0.2, -0.15) is 0 Å². The van der Waals surface area contributed by atoms with E-state index in [-0.39, 0.29) is 30.2 Å². The molecule has 0 saturated carbocycles. The zero-order chi connectivity index (χ0) is 18.5. The van der Waals surface area contributed by atoms with Gasteiger partial charge < -0.3 is 10.2 Å². The van der Waals surface area contributed by atoms with Gasteiger partial charge in [-0.25, -0.2) is 0 Å². The predicted octanol–water partition coefficient (Wildman–Crippen LogP) is 3.49. The minimum absolute atomic E-state index is 0.0194. The van der Waals surface area contributed by atoms with E-state index in [1.54, 1.807) is 4.90 Å². The summed E-state index contributed by atoms with van der Waals surface area (Å²) in [6.07, 6.45) is 2.10. The number of hydrogen-bond acceptors (Lipinski definition) is 2. The summed E-state index contributed by atoms with van der Waals surface area (Å²) in [6, 6.07) is 18.2. The number of anilines is 1. The van der Waals surface area contributed by atoms with E-state index in [1.807, 2.05) is 56.3 Å². The number of amides is 2. The zero-order valence-corrected chi connectivity index (χ0v) is 15.4. The van der Waals surface area contributed by atoms with Crippen molar-refractivity contribution >= 4 is 17.5 Å². The molecule has 0 unspecified atom stereocenters. The van der Waals surface area contributed by atoms with Crippen molar-refractivity contribution in [1.29, 1.82) is 0 Å². The molecule has 3 rings (SSSR count). The van der Waals surface area contributed by atoms with Crippen LogP contribution in [0, 0.1) is 12.8 Å². The molecule has 1 saturated heterocycles. The van der Waals surface area contributed by atoms with E-state index in [4.69, 9.17) is 0 Å². The minimum atomic E-state index is -0.275. The third-order valence-electron chi connectivity index (χ3n) is 4.94. The second-order valence-corrected chi connectivity index (χ2v) is 7.17. The predicted molar refractivity (Wildman–Crippen MR) is 104 cm³/mol. The molecule has 0 radical (unpaired) electrons. The highest BCUT2D eigenvalue weighted by Crippen LogP contribution is 2.25. The van der Waals surface area contributed by atoms with Gasteiger partial charge in [0.2, 0.25) is 11.8 Å². The second-order valence-electron chi connectivity index (χ2n) is 7.17. The van der Waals surface area contributed by atoms with Gasteiger partial charge in [-0.15, -0.1) is 0 Å². The van der Waals surface area contributed by atoms with Gasteiger partial charge in [0.15, 0.2) is 0 Å². The topological polar surface area (TPSA) is 49.4 Å². The monoisotopic (exact) mass is 350 g/mol. The first kappa shape index (κ1) is 18.2. The smallest absolute Gasteiger partial charge is 0.227 e. The van der Waals surface area contributed by atoms with Crippen LogP contribution in [0.3, 0.4) is 0 Å². The average Bonchev–Trinajstić information content (AvgIpc) is 3.03. The maximum atomic E-state index is 12.6. The van der Waals surface area contributed by atoms with Gasteiger partial charge in [0.1, 0.15) is 0 Å². The fourth-order valence-corrected chi connectivity index (χ4v) is 3.32. The van der Waals surface area contributed by atoms with Gasteiger partial charge in [0.25, 0.3) is 0 Å². The van der Waals surface area contributed by atoms with Crippen molar-refractivity contribution in [3.8, 4) is 0 Å². The van der Waals surface area contributed by atoms with E-state index < -0.39 is 0 Å². The molecule has 1 fully saturated rings. The van der Waals surface area contributed by atoms with Crippen LogP contribution in [-0.4, -0.2) is 24.4 Å². The van der Waals surface area contributed by atoms with Gasteiger partial charge >= 0.3 is 0 Å². The number of nitrogens with one attached hydrogen (secondary N) is 1. The molecular weight excluding hydrogens is 324 g/mol. The summed E-state index contributed by atoms with van der Waals surface area (Å²) in [6.45, 7) is 4.50. The molecule has 4 heteroatoms. The SMILES string of the molecule is Cc1ccc(N2C[C@@H](C(=O)N[C@@H](C)CCc3ccccc3)CC2=O)cc1. The minimum Gasteiger partial charge on any atom is -0.353 e. The van der Waals surface area contributed by atoms with E-state index in [2.05, 4.69) is 17.4 Å². The van der Waals surface area contributed by atoms with Crippen molar-refractivity contribution in [2.75, 3.05) is 11.4 Å². The highest BCUT2D eigenvalue weighted by Gasteiger charge is 2.35. The first-order chi connectivity index (χ1) is 12.5. The molecule has 1 N–H and O–H groups in total. The zero-order valence-electron chi connectivity index (χ0n) is 15.4. The summed E-state index contributed by atoms with van der Waals surface area (Å²) < 4.78 is 0. The second kappa shape index (κ2) is 8.17. The maximum Gasteiger partial charge on any atom is 0.227 e. The van der Waals surface area contributed by atoms with Gasteiger partial charge in [-0.3, -0.25) is 9.59 Å². The first-order valence-electron chi connectivity index (χ1n) is 9.24. The van der Waals surface area contributed by atoms with E-state index in [0.29, 0.717) is 6.54 Å². The number of carbonyl (C=O) groups excluding carboxylic acids is 2. The Hall–Kier alpha value is -2.62. The third-order valence-corrected chi connectivity index (χ3v) is 4.94. The molecule has 0 aliphatic carbocycles. The Labute approximate surface area is 155 Å². The molecule has 4 nitrogen and oxygen atoms in total. The molecule has 0 bridgehead atoms. The van der Waals surface area contributed by atoms with Gasteiger partial charge in [-0.1, -0.05) is 48.0 Å². The lowest BCUT2D eigenvalue weighted by atomic mass is 10.0. The molecule has 1 aliphatic rings. The molecule has 136 valence electrons. The lowest BCUT2D eigenvalue weighted by Crippen LogP contribution is -2.38.